The Kier molecular flexibility index (Phi) is 1.65. The number of benzene rings is 1. The molecule has 1 aliphatic rings. The summed E-state index contributed by atoms with van der Waals surface area (Å²) < 4.78 is 1.11. The lowest BCUT2D eigenvalue weighted by Crippen LogP contribution is -2.19. The number of aliphatic carboxylic acids is 1. The van der Waals surface area contributed by atoms with E-state index >= 15 is 0 Å². The maximum Gasteiger partial charge on any atom is 0.314 e. The molecule has 1 saturated carbocycles. The molecule has 1 N–H and O–H groups in total. The number of thiazole rings is 1. The first-order valence-electron chi connectivity index (χ1n) is 4.79. The highest BCUT2D eigenvalue weighted by Crippen LogP contribution is 2.48. The molecule has 0 unspecified atom stereocenters. The number of carboxylic acid groups (broad SMARTS) is 1. The van der Waals surface area contributed by atoms with Gasteiger partial charge in [-0.2, -0.15) is 0 Å². The van der Waals surface area contributed by atoms with Crippen LogP contribution in [0.3, 0.4) is 0 Å². The molecule has 0 atom stereocenters. The summed E-state index contributed by atoms with van der Waals surface area (Å²) in [4.78, 5) is 15.3. The summed E-state index contributed by atoms with van der Waals surface area (Å²) in [6.45, 7) is 0. The van der Waals surface area contributed by atoms with E-state index in [0.29, 0.717) is 0 Å². The van der Waals surface area contributed by atoms with E-state index in [0.717, 1.165) is 28.6 Å². The number of nitrogens with zero attached hydrogens (tertiary/aromatic N) is 1. The van der Waals surface area contributed by atoms with Gasteiger partial charge in [0.25, 0.3) is 0 Å². The molecule has 15 heavy (non-hydrogen) atoms. The van der Waals surface area contributed by atoms with Gasteiger partial charge in [-0.3, -0.25) is 4.79 Å². The molecule has 1 fully saturated rings. The van der Waals surface area contributed by atoms with Gasteiger partial charge in [0.1, 0.15) is 0 Å². The monoisotopic (exact) mass is 219 g/mol. The maximum absolute atomic E-state index is 11.1. The van der Waals surface area contributed by atoms with Crippen molar-refractivity contribution >= 4 is 27.5 Å². The van der Waals surface area contributed by atoms with Gasteiger partial charge < -0.3 is 5.11 Å². The van der Waals surface area contributed by atoms with Crippen molar-refractivity contribution in [3.05, 3.63) is 29.3 Å². The number of aromatic nitrogens is 1. The zero-order valence-electron chi connectivity index (χ0n) is 7.93. The molecule has 0 saturated heterocycles. The molecule has 0 spiro atoms. The fraction of sp³-hybridized carbons (Fsp3) is 0.273. The first kappa shape index (κ1) is 8.85. The third-order valence-corrected chi connectivity index (χ3v) is 3.85. The van der Waals surface area contributed by atoms with Crippen LogP contribution in [0.25, 0.3) is 10.2 Å². The molecule has 1 aliphatic carbocycles. The van der Waals surface area contributed by atoms with Gasteiger partial charge in [-0.15, -0.1) is 11.3 Å². The predicted molar refractivity (Wildman–Crippen MR) is 58.2 cm³/mol. The van der Waals surface area contributed by atoms with Crippen molar-refractivity contribution in [1.29, 1.82) is 0 Å². The molecule has 0 amide bonds. The SMILES string of the molecule is O=C(O)C1(c2ccc3scnc3c2)CC1. The molecule has 3 nitrogen and oxygen atoms in total. The number of carbonyl (C=O) groups is 1. The van der Waals surface area contributed by atoms with Crippen LogP contribution in [0.15, 0.2) is 23.7 Å². The smallest absolute Gasteiger partial charge is 0.314 e. The van der Waals surface area contributed by atoms with E-state index in [4.69, 9.17) is 5.11 Å². The van der Waals surface area contributed by atoms with Crippen molar-refractivity contribution in [1.82, 2.24) is 4.98 Å². The molecular weight excluding hydrogens is 210 g/mol. The Morgan fingerprint density at radius 3 is 2.93 bits per heavy atom. The number of hydrogen-bond donors (Lipinski definition) is 1. The lowest BCUT2D eigenvalue weighted by Gasteiger charge is -2.09. The van der Waals surface area contributed by atoms with Gasteiger partial charge in [-0.1, -0.05) is 6.07 Å². The third kappa shape index (κ3) is 1.18. The Balaban J connectivity index is 2.15. The molecule has 0 bridgehead atoms. The van der Waals surface area contributed by atoms with Crippen LogP contribution in [0.2, 0.25) is 0 Å². The zero-order chi connectivity index (χ0) is 10.5. The van der Waals surface area contributed by atoms with Gasteiger partial charge in [0.2, 0.25) is 0 Å². The topological polar surface area (TPSA) is 50.2 Å². The van der Waals surface area contributed by atoms with Gasteiger partial charge in [0, 0.05) is 0 Å². The second-order valence-electron chi connectivity index (χ2n) is 3.92. The van der Waals surface area contributed by atoms with Crippen LogP contribution in [0.4, 0.5) is 0 Å². The molecule has 0 aliphatic heterocycles. The van der Waals surface area contributed by atoms with Gasteiger partial charge in [-0.05, 0) is 30.5 Å². The van der Waals surface area contributed by atoms with Gasteiger partial charge in [-0.25, -0.2) is 4.98 Å². The van der Waals surface area contributed by atoms with Crippen molar-refractivity contribution in [2.24, 2.45) is 0 Å². The van der Waals surface area contributed by atoms with E-state index in [9.17, 15) is 4.79 Å². The van der Waals surface area contributed by atoms with Gasteiger partial charge in [0.15, 0.2) is 0 Å². The average molecular weight is 219 g/mol. The van der Waals surface area contributed by atoms with Crippen LogP contribution in [0.1, 0.15) is 18.4 Å². The van der Waals surface area contributed by atoms with Crippen LogP contribution in [-0.4, -0.2) is 16.1 Å². The van der Waals surface area contributed by atoms with E-state index in [2.05, 4.69) is 4.98 Å². The fourth-order valence-electron chi connectivity index (χ4n) is 1.91. The summed E-state index contributed by atoms with van der Waals surface area (Å²) in [6.07, 6.45) is 1.50. The van der Waals surface area contributed by atoms with Crippen LogP contribution in [0.5, 0.6) is 0 Å². The Hall–Kier alpha value is -1.42. The molecule has 1 aromatic carbocycles. The molecule has 76 valence electrons. The Morgan fingerprint density at radius 1 is 1.47 bits per heavy atom. The molecule has 3 rings (SSSR count). The van der Waals surface area contributed by atoms with Crippen molar-refractivity contribution in [3.8, 4) is 0 Å². The predicted octanol–water partition coefficient (Wildman–Crippen LogP) is 2.41. The number of fused-ring (bicyclic) bond motifs is 1. The second kappa shape index (κ2) is 2.79. The summed E-state index contributed by atoms with van der Waals surface area (Å²) in [5.41, 5.74) is 2.98. The lowest BCUT2D eigenvalue weighted by atomic mass is 9.96. The standard InChI is InChI=1S/C11H9NO2S/c13-10(14)11(3-4-11)7-1-2-9-8(5-7)12-6-15-9/h1-2,5-6H,3-4H2,(H,13,14). The highest BCUT2D eigenvalue weighted by Gasteiger charge is 2.51. The number of carboxylic acids is 1. The van der Waals surface area contributed by atoms with E-state index in [1.54, 1.807) is 16.8 Å². The minimum Gasteiger partial charge on any atom is -0.481 e. The Morgan fingerprint density at radius 2 is 2.27 bits per heavy atom. The molecule has 2 aromatic rings. The van der Waals surface area contributed by atoms with Crippen LogP contribution in [-0.2, 0) is 10.2 Å². The summed E-state index contributed by atoms with van der Waals surface area (Å²) in [6, 6.07) is 5.79. The quantitative estimate of drug-likeness (QED) is 0.843. The summed E-state index contributed by atoms with van der Waals surface area (Å²) in [5.74, 6) is -0.711. The molecular formula is C11H9NO2S. The minimum absolute atomic E-state index is 0.613. The van der Waals surface area contributed by atoms with Gasteiger partial charge in [0.05, 0.1) is 21.1 Å². The summed E-state index contributed by atoms with van der Waals surface area (Å²) >= 11 is 1.58. The van der Waals surface area contributed by atoms with Crippen molar-refractivity contribution < 1.29 is 9.90 Å². The van der Waals surface area contributed by atoms with Crippen LogP contribution < -0.4 is 0 Å². The van der Waals surface area contributed by atoms with E-state index in [-0.39, 0.29) is 0 Å². The van der Waals surface area contributed by atoms with Crippen molar-refractivity contribution in [2.45, 2.75) is 18.3 Å². The highest BCUT2D eigenvalue weighted by molar-refractivity contribution is 7.16. The fourth-order valence-corrected chi connectivity index (χ4v) is 2.57. The Bertz CT molecular complexity index is 542. The van der Waals surface area contributed by atoms with E-state index in [1.807, 2.05) is 18.2 Å². The normalized spacial score (nSPS) is 17.9. The third-order valence-electron chi connectivity index (χ3n) is 3.04. The largest absolute Gasteiger partial charge is 0.481 e. The van der Waals surface area contributed by atoms with Crippen LogP contribution >= 0.6 is 11.3 Å². The van der Waals surface area contributed by atoms with Crippen LogP contribution in [0, 0.1) is 0 Å². The summed E-state index contributed by atoms with van der Waals surface area (Å²) in [5, 5.41) is 9.16. The zero-order valence-corrected chi connectivity index (χ0v) is 8.75. The number of rotatable bonds is 2. The maximum atomic E-state index is 11.1. The molecule has 1 heterocycles. The minimum atomic E-state index is -0.711. The van der Waals surface area contributed by atoms with E-state index < -0.39 is 11.4 Å². The first-order valence-corrected chi connectivity index (χ1v) is 5.67. The van der Waals surface area contributed by atoms with E-state index in [1.165, 1.54) is 0 Å². The molecule has 4 heteroatoms. The van der Waals surface area contributed by atoms with Crippen molar-refractivity contribution in [3.63, 3.8) is 0 Å². The second-order valence-corrected chi connectivity index (χ2v) is 4.81. The summed E-state index contributed by atoms with van der Waals surface area (Å²) in [7, 11) is 0. The van der Waals surface area contributed by atoms with Crippen molar-refractivity contribution in [2.75, 3.05) is 0 Å². The number of hydrogen-bond acceptors (Lipinski definition) is 3. The Labute approximate surface area is 90.4 Å². The lowest BCUT2D eigenvalue weighted by molar-refractivity contribution is -0.140. The first-order chi connectivity index (χ1) is 7.22. The average Bonchev–Trinajstić information content (AvgIpc) is 2.91. The molecule has 0 radical (unpaired) electrons. The highest BCUT2D eigenvalue weighted by atomic mass is 32.1. The van der Waals surface area contributed by atoms with Gasteiger partial charge >= 0.3 is 5.97 Å². The molecule has 1 aromatic heterocycles.